The molecule has 8 heteroatoms. The molecule has 1 atom stereocenters. The van der Waals surface area contributed by atoms with Crippen LogP contribution in [0.15, 0.2) is 41.6 Å². The van der Waals surface area contributed by atoms with Crippen LogP contribution in [0.3, 0.4) is 0 Å². The van der Waals surface area contributed by atoms with Gasteiger partial charge < -0.3 is 19.7 Å². The third kappa shape index (κ3) is 4.37. The van der Waals surface area contributed by atoms with Gasteiger partial charge in [-0.2, -0.15) is 5.26 Å². The molecule has 0 spiro atoms. The Bertz CT molecular complexity index is 1180. The van der Waals surface area contributed by atoms with Gasteiger partial charge in [-0.3, -0.25) is 9.97 Å². The van der Waals surface area contributed by atoms with E-state index in [0.717, 1.165) is 72.7 Å². The van der Waals surface area contributed by atoms with Gasteiger partial charge in [0.05, 0.1) is 35.0 Å². The number of rotatable bonds is 7. The van der Waals surface area contributed by atoms with Gasteiger partial charge in [0, 0.05) is 37.3 Å². The van der Waals surface area contributed by atoms with Crippen LogP contribution in [0.25, 0.3) is 10.9 Å². The van der Waals surface area contributed by atoms with E-state index in [0.29, 0.717) is 17.5 Å². The number of likely N-dealkylation sites (tertiary alicyclic amines) is 1. The lowest BCUT2D eigenvalue weighted by Gasteiger charge is -2.18. The van der Waals surface area contributed by atoms with E-state index in [1.807, 2.05) is 24.4 Å². The molecule has 0 radical (unpaired) electrons. The average Bonchev–Trinajstić information content (AvgIpc) is 3.49. The Morgan fingerprint density at radius 1 is 1.31 bits per heavy atom. The van der Waals surface area contributed by atoms with Crippen LogP contribution in [0.5, 0.6) is 11.5 Å². The van der Waals surface area contributed by atoms with Gasteiger partial charge in [0.1, 0.15) is 17.8 Å². The van der Waals surface area contributed by atoms with E-state index in [9.17, 15) is 5.26 Å². The van der Waals surface area contributed by atoms with E-state index >= 15 is 0 Å². The van der Waals surface area contributed by atoms with Gasteiger partial charge >= 0.3 is 0 Å². The van der Waals surface area contributed by atoms with Crippen molar-refractivity contribution in [1.29, 1.82) is 5.26 Å². The van der Waals surface area contributed by atoms with Crippen molar-refractivity contribution in [1.82, 2.24) is 20.2 Å². The molecule has 2 aliphatic rings. The van der Waals surface area contributed by atoms with Gasteiger partial charge in [-0.15, -0.1) is 0 Å². The summed E-state index contributed by atoms with van der Waals surface area (Å²) in [4.78, 5) is 12.6. The highest BCUT2D eigenvalue weighted by atomic mass is 32.2. The number of thioether (sulfide) groups is 1. The molecular weight excluding hydrogens is 422 g/mol. The molecule has 1 fully saturated rings. The standard InChI is InChI=1S/C24H25N5O2S/c1-30-19-2-3-22-21(9-19)20(16(10-25)11-28-22)5-7-29-6-4-17(14-29)26-12-18-8-24-23(13-27-18)31-15-32-24/h2-3,8-9,11,13,17,26H,4-7,12,14-15H2,1H3. The van der Waals surface area contributed by atoms with Gasteiger partial charge in [-0.25, -0.2) is 0 Å². The van der Waals surface area contributed by atoms with Crippen LogP contribution in [0.2, 0.25) is 0 Å². The summed E-state index contributed by atoms with van der Waals surface area (Å²) in [5.74, 6) is 2.36. The maximum Gasteiger partial charge on any atom is 0.152 e. The number of ether oxygens (including phenoxy) is 2. The van der Waals surface area contributed by atoms with Gasteiger partial charge in [0.15, 0.2) is 5.75 Å². The summed E-state index contributed by atoms with van der Waals surface area (Å²) >= 11 is 1.72. The fourth-order valence-electron chi connectivity index (χ4n) is 4.38. The Kier molecular flexibility index (Phi) is 6.12. The summed E-state index contributed by atoms with van der Waals surface area (Å²) < 4.78 is 10.9. The van der Waals surface area contributed by atoms with Crippen LogP contribution in [0.1, 0.15) is 23.2 Å². The van der Waals surface area contributed by atoms with E-state index in [1.165, 1.54) is 4.90 Å². The molecule has 3 aromatic rings. The quantitative estimate of drug-likeness (QED) is 0.590. The third-order valence-electron chi connectivity index (χ3n) is 6.15. The normalized spacial score (nSPS) is 17.8. The third-order valence-corrected chi connectivity index (χ3v) is 7.01. The highest BCUT2D eigenvalue weighted by Crippen LogP contribution is 2.35. The second kappa shape index (κ2) is 9.33. The fraction of sp³-hybridized carbons (Fsp3) is 0.375. The van der Waals surface area contributed by atoms with Gasteiger partial charge in [0.2, 0.25) is 0 Å². The highest BCUT2D eigenvalue weighted by Gasteiger charge is 2.23. The molecule has 0 amide bonds. The number of aromatic nitrogens is 2. The maximum absolute atomic E-state index is 9.61. The van der Waals surface area contributed by atoms with Crippen molar-refractivity contribution in [3.05, 3.63) is 53.5 Å². The lowest BCUT2D eigenvalue weighted by molar-refractivity contribution is 0.331. The zero-order chi connectivity index (χ0) is 21.9. The van der Waals surface area contributed by atoms with E-state index in [1.54, 1.807) is 25.1 Å². The number of fused-ring (bicyclic) bond motifs is 2. The fourth-order valence-corrected chi connectivity index (χ4v) is 5.17. The Labute approximate surface area is 191 Å². The van der Waals surface area contributed by atoms with Crippen molar-refractivity contribution in [2.75, 3.05) is 32.7 Å². The Hall–Kier alpha value is -2.86. The topological polar surface area (TPSA) is 83.3 Å². The number of nitrogens with zero attached hydrogens (tertiary/aromatic N) is 4. The van der Waals surface area contributed by atoms with E-state index < -0.39 is 0 Å². The van der Waals surface area contributed by atoms with Crippen molar-refractivity contribution in [2.45, 2.75) is 30.3 Å². The predicted molar refractivity (Wildman–Crippen MR) is 124 cm³/mol. The summed E-state index contributed by atoms with van der Waals surface area (Å²) in [6.45, 7) is 3.72. The van der Waals surface area contributed by atoms with E-state index in [4.69, 9.17) is 9.47 Å². The highest BCUT2D eigenvalue weighted by molar-refractivity contribution is 7.99. The van der Waals surface area contributed by atoms with Crippen LogP contribution in [-0.2, 0) is 13.0 Å². The monoisotopic (exact) mass is 447 g/mol. The van der Waals surface area contributed by atoms with Crippen LogP contribution < -0.4 is 14.8 Å². The summed E-state index contributed by atoms with van der Waals surface area (Å²) in [6.07, 6.45) is 5.43. The molecule has 2 aliphatic heterocycles. The largest absolute Gasteiger partial charge is 0.497 e. The predicted octanol–water partition coefficient (Wildman–Crippen LogP) is 3.36. The van der Waals surface area contributed by atoms with Crippen molar-refractivity contribution in [3.8, 4) is 17.6 Å². The van der Waals surface area contributed by atoms with Crippen LogP contribution in [-0.4, -0.2) is 53.6 Å². The first-order valence-electron chi connectivity index (χ1n) is 10.8. The zero-order valence-corrected chi connectivity index (χ0v) is 18.8. The molecule has 0 saturated carbocycles. The number of hydrogen-bond donors (Lipinski definition) is 1. The van der Waals surface area contributed by atoms with E-state index in [-0.39, 0.29) is 0 Å². The van der Waals surface area contributed by atoms with E-state index in [2.05, 4.69) is 32.3 Å². The molecule has 1 unspecified atom stereocenters. The zero-order valence-electron chi connectivity index (χ0n) is 18.0. The Morgan fingerprint density at radius 2 is 2.25 bits per heavy atom. The molecular formula is C24H25N5O2S. The molecule has 0 aliphatic carbocycles. The summed E-state index contributed by atoms with van der Waals surface area (Å²) in [5.41, 5.74) is 3.64. The molecule has 4 heterocycles. The molecule has 1 aromatic carbocycles. The average molecular weight is 448 g/mol. The second-order valence-electron chi connectivity index (χ2n) is 8.09. The number of benzene rings is 1. The second-order valence-corrected chi connectivity index (χ2v) is 9.06. The Balaban J connectivity index is 1.20. The minimum Gasteiger partial charge on any atom is -0.497 e. The molecule has 2 aromatic heterocycles. The minimum atomic E-state index is 0.443. The number of nitriles is 1. The molecule has 1 N–H and O–H groups in total. The van der Waals surface area contributed by atoms with Crippen molar-refractivity contribution >= 4 is 22.7 Å². The van der Waals surface area contributed by atoms with Gasteiger partial charge in [-0.05, 0) is 49.2 Å². The van der Waals surface area contributed by atoms with Crippen molar-refractivity contribution < 1.29 is 9.47 Å². The first-order valence-corrected chi connectivity index (χ1v) is 11.8. The molecule has 164 valence electrons. The van der Waals surface area contributed by atoms with Gasteiger partial charge in [0.25, 0.3) is 0 Å². The van der Waals surface area contributed by atoms with Crippen LogP contribution in [0.4, 0.5) is 0 Å². The molecule has 0 bridgehead atoms. The maximum atomic E-state index is 9.61. The number of pyridine rings is 2. The number of hydrogen-bond acceptors (Lipinski definition) is 8. The van der Waals surface area contributed by atoms with Crippen molar-refractivity contribution in [3.63, 3.8) is 0 Å². The molecule has 32 heavy (non-hydrogen) atoms. The van der Waals surface area contributed by atoms with Crippen molar-refractivity contribution in [2.24, 2.45) is 0 Å². The number of methoxy groups -OCH3 is 1. The van der Waals surface area contributed by atoms with Gasteiger partial charge in [-0.1, -0.05) is 11.8 Å². The summed E-state index contributed by atoms with van der Waals surface area (Å²) in [5, 5.41) is 14.3. The van der Waals surface area contributed by atoms with Crippen LogP contribution in [0, 0.1) is 11.3 Å². The summed E-state index contributed by atoms with van der Waals surface area (Å²) in [6, 6.07) is 10.7. The lowest BCUT2D eigenvalue weighted by atomic mass is 10.0. The lowest BCUT2D eigenvalue weighted by Crippen LogP contribution is -2.33. The molecule has 1 saturated heterocycles. The minimum absolute atomic E-state index is 0.443. The molecule has 7 nitrogen and oxygen atoms in total. The van der Waals surface area contributed by atoms with Crippen LogP contribution >= 0.6 is 11.8 Å². The number of nitrogens with one attached hydrogen (secondary N) is 1. The first kappa shape index (κ1) is 21.0. The molecule has 5 rings (SSSR count). The first-order chi connectivity index (χ1) is 15.7. The summed E-state index contributed by atoms with van der Waals surface area (Å²) in [7, 11) is 1.66. The Morgan fingerprint density at radius 3 is 3.12 bits per heavy atom. The SMILES string of the molecule is COc1ccc2ncc(C#N)c(CCN3CCC(NCc4cc5c(cn4)OCS5)C3)c2c1. The smallest absolute Gasteiger partial charge is 0.152 e.